The SMILES string of the molecule is CC[C@@H](N)c1nnc(C2CC2)o1. The molecule has 1 saturated carbocycles. The molecule has 2 N–H and O–H groups in total. The summed E-state index contributed by atoms with van der Waals surface area (Å²) in [6.07, 6.45) is 3.21. The van der Waals surface area contributed by atoms with Crippen LogP contribution in [-0.4, -0.2) is 10.2 Å². The third-order valence-corrected chi connectivity index (χ3v) is 2.14. The molecule has 66 valence electrons. The van der Waals surface area contributed by atoms with Gasteiger partial charge in [-0.05, 0) is 19.3 Å². The highest BCUT2D eigenvalue weighted by Crippen LogP contribution is 2.39. The standard InChI is InChI=1S/C8H13N3O/c1-2-6(9)8-11-10-7(12-8)5-3-4-5/h5-6H,2-4,9H2,1H3/t6-/m1/s1. The third kappa shape index (κ3) is 1.34. The summed E-state index contributed by atoms with van der Waals surface area (Å²) < 4.78 is 5.41. The normalized spacial score (nSPS) is 19.5. The molecule has 1 heterocycles. The molecular formula is C8H13N3O. The molecular weight excluding hydrogens is 154 g/mol. The van der Waals surface area contributed by atoms with Crippen molar-refractivity contribution in [3.63, 3.8) is 0 Å². The van der Waals surface area contributed by atoms with Crippen LogP contribution in [0.4, 0.5) is 0 Å². The maximum Gasteiger partial charge on any atom is 0.233 e. The number of rotatable bonds is 3. The molecule has 0 spiro atoms. The molecule has 0 aliphatic heterocycles. The zero-order valence-electron chi connectivity index (χ0n) is 7.16. The second-order valence-electron chi connectivity index (χ2n) is 3.27. The number of nitrogens with zero attached hydrogens (tertiary/aromatic N) is 2. The maximum absolute atomic E-state index is 5.73. The maximum atomic E-state index is 5.73. The van der Waals surface area contributed by atoms with E-state index in [0.717, 1.165) is 12.3 Å². The Kier molecular flexibility index (Phi) is 1.84. The van der Waals surface area contributed by atoms with Crippen LogP contribution in [-0.2, 0) is 0 Å². The van der Waals surface area contributed by atoms with E-state index in [2.05, 4.69) is 10.2 Å². The molecule has 2 rings (SSSR count). The molecule has 0 saturated heterocycles. The van der Waals surface area contributed by atoms with Crippen molar-refractivity contribution in [3.8, 4) is 0 Å². The fourth-order valence-corrected chi connectivity index (χ4v) is 1.07. The average Bonchev–Trinajstić information content (AvgIpc) is 2.83. The lowest BCUT2D eigenvalue weighted by Gasteiger charge is -1.99. The number of hydrogen-bond acceptors (Lipinski definition) is 4. The summed E-state index contributed by atoms with van der Waals surface area (Å²) in [6, 6.07) is -0.0926. The smallest absolute Gasteiger partial charge is 0.233 e. The Morgan fingerprint density at radius 1 is 1.58 bits per heavy atom. The van der Waals surface area contributed by atoms with Gasteiger partial charge >= 0.3 is 0 Å². The molecule has 0 unspecified atom stereocenters. The van der Waals surface area contributed by atoms with Gasteiger partial charge in [-0.3, -0.25) is 0 Å². The first-order valence-corrected chi connectivity index (χ1v) is 4.40. The van der Waals surface area contributed by atoms with Crippen LogP contribution >= 0.6 is 0 Å². The van der Waals surface area contributed by atoms with Gasteiger partial charge in [-0.15, -0.1) is 10.2 Å². The van der Waals surface area contributed by atoms with Crippen LogP contribution < -0.4 is 5.73 Å². The molecule has 1 aliphatic carbocycles. The first kappa shape index (κ1) is 7.73. The van der Waals surface area contributed by atoms with Crippen LogP contribution in [0.2, 0.25) is 0 Å². The summed E-state index contributed by atoms with van der Waals surface area (Å²) in [6.45, 7) is 2.01. The molecule has 12 heavy (non-hydrogen) atoms. The van der Waals surface area contributed by atoms with Gasteiger partial charge in [0.2, 0.25) is 11.8 Å². The molecule has 4 nitrogen and oxygen atoms in total. The number of aromatic nitrogens is 2. The van der Waals surface area contributed by atoms with Crippen LogP contribution in [0.1, 0.15) is 49.9 Å². The highest BCUT2D eigenvalue weighted by molar-refractivity contribution is 5.01. The Labute approximate surface area is 71.2 Å². The van der Waals surface area contributed by atoms with E-state index in [1.807, 2.05) is 6.92 Å². The van der Waals surface area contributed by atoms with Gasteiger partial charge in [0.05, 0.1) is 6.04 Å². The fourth-order valence-electron chi connectivity index (χ4n) is 1.07. The van der Waals surface area contributed by atoms with E-state index in [-0.39, 0.29) is 6.04 Å². The predicted molar refractivity (Wildman–Crippen MR) is 43.5 cm³/mol. The molecule has 4 heteroatoms. The van der Waals surface area contributed by atoms with Gasteiger partial charge in [0, 0.05) is 5.92 Å². The van der Waals surface area contributed by atoms with E-state index >= 15 is 0 Å². The molecule has 0 amide bonds. The third-order valence-electron chi connectivity index (χ3n) is 2.14. The monoisotopic (exact) mass is 167 g/mol. The van der Waals surface area contributed by atoms with Crippen molar-refractivity contribution in [1.29, 1.82) is 0 Å². The highest BCUT2D eigenvalue weighted by atomic mass is 16.4. The fraction of sp³-hybridized carbons (Fsp3) is 0.750. The molecule has 1 aliphatic rings. The Morgan fingerprint density at radius 2 is 2.33 bits per heavy atom. The molecule has 1 aromatic rings. The molecule has 1 fully saturated rings. The van der Waals surface area contributed by atoms with Gasteiger partial charge in [-0.2, -0.15) is 0 Å². The summed E-state index contributed by atoms with van der Waals surface area (Å²) >= 11 is 0. The number of hydrogen-bond donors (Lipinski definition) is 1. The highest BCUT2D eigenvalue weighted by Gasteiger charge is 2.29. The minimum atomic E-state index is -0.0926. The van der Waals surface area contributed by atoms with Gasteiger partial charge < -0.3 is 10.2 Å². The number of nitrogens with two attached hydrogens (primary N) is 1. The lowest BCUT2D eigenvalue weighted by atomic mass is 10.2. The molecule has 0 aromatic carbocycles. The second-order valence-corrected chi connectivity index (χ2v) is 3.27. The van der Waals surface area contributed by atoms with Crippen LogP contribution in [0, 0.1) is 0 Å². The zero-order chi connectivity index (χ0) is 8.55. The topological polar surface area (TPSA) is 64.9 Å². The van der Waals surface area contributed by atoms with Crippen molar-refractivity contribution in [2.24, 2.45) is 5.73 Å². The molecule has 0 bridgehead atoms. The van der Waals surface area contributed by atoms with E-state index in [0.29, 0.717) is 11.8 Å². The summed E-state index contributed by atoms with van der Waals surface area (Å²) in [5, 5.41) is 7.86. The Morgan fingerprint density at radius 3 is 2.92 bits per heavy atom. The van der Waals surface area contributed by atoms with Crippen molar-refractivity contribution in [1.82, 2.24) is 10.2 Å². The van der Waals surface area contributed by atoms with Crippen molar-refractivity contribution in [2.75, 3.05) is 0 Å². The summed E-state index contributed by atoms with van der Waals surface area (Å²) in [5.74, 6) is 1.88. The second kappa shape index (κ2) is 2.86. The first-order valence-electron chi connectivity index (χ1n) is 4.40. The van der Waals surface area contributed by atoms with E-state index in [4.69, 9.17) is 10.2 Å². The van der Waals surface area contributed by atoms with Gasteiger partial charge in [-0.25, -0.2) is 0 Å². The van der Waals surface area contributed by atoms with E-state index in [1.165, 1.54) is 12.8 Å². The van der Waals surface area contributed by atoms with Crippen LogP contribution in [0.5, 0.6) is 0 Å². The van der Waals surface area contributed by atoms with Gasteiger partial charge in [-0.1, -0.05) is 6.92 Å². The van der Waals surface area contributed by atoms with E-state index in [1.54, 1.807) is 0 Å². The minimum Gasteiger partial charge on any atom is -0.423 e. The van der Waals surface area contributed by atoms with Crippen LogP contribution in [0.3, 0.4) is 0 Å². The van der Waals surface area contributed by atoms with Crippen molar-refractivity contribution >= 4 is 0 Å². The minimum absolute atomic E-state index is 0.0926. The Hall–Kier alpha value is -0.900. The largest absolute Gasteiger partial charge is 0.423 e. The Bertz CT molecular complexity index is 267. The summed E-state index contributed by atoms with van der Waals surface area (Å²) in [4.78, 5) is 0. The van der Waals surface area contributed by atoms with Crippen molar-refractivity contribution in [2.45, 2.75) is 38.1 Å². The van der Waals surface area contributed by atoms with Crippen LogP contribution in [0.25, 0.3) is 0 Å². The lowest BCUT2D eigenvalue weighted by Crippen LogP contribution is -2.08. The van der Waals surface area contributed by atoms with E-state index in [9.17, 15) is 0 Å². The predicted octanol–water partition coefficient (Wildman–Crippen LogP) is 1.36. The zero-order valence-corrected chi connectivity index (χ0v) is 7.16. The van der Waals surface area contributed by atoms with Crippen molar-refractivity contribution in [3.05, 3.63) is 11.8 Å². The quantitative estimate of drug-likeness (QED) is 0.738. The van der Waals surface area contributed by atoms with Crippen LogP contribution in [0.15, 0.2) is 4.42 Å². The molecule has 1 aromatic heterocycles. The van der Waals surface area contributed by atoms with E-state index < -0.39 is 0 Å². The van der Waals surface area contributed by atoms with Gasteiger partial charge in [0.1, 0.15) is 0 Å². The van der Waals surface area contributed by atoms with Gasteiger partial charge in [0.25, 0.3) is 0 Å². The van der Waals surface area contributed by atoms with Crippen molar-refractivity contribution < 1.29 is 4.42 Å². The molecule has 1 atom stereocenters. The Balaban J connectivity index is 2.12. The first-order chi connectivity index (χ1) is 5.81. The average molecular weight is 167 g/mol. The summed E-state index contributed by atoms with van der Waals surface area (Å²) in [7, 11) is 0. The molecule has 0 radical (unpaired) electrons. The lowest BCUT2D eigenvalue weighted by molar-refractivity contribution is 0.414. The van der Waals surface area contributed by atoms with Gasteiger partial charge in [0.15, 0.2) is 0 Å². The summed E-state index contributed by atoms with van der Waals surface area (Å²) in [5.41, 5.74) is 5.73.